The van der Waals surface area contributed by atoms with Crippen molar-refractivity contribution in [2.24, 2.45) is 0 Å². The van der Waals surface area contributed by atoms with E-state index in [9.17, 15) is 4.79 Å². The van der Waals surface area contributed by atoms with Crippen LogP contribution in [0.2, 0.25) is 5.02 Å². The number of furan rings is 1. The third kappa shape index (κ3) is 3.71. The first-order valence-electron chi connectivity index (χ1n) is 6.84. The van der Waals surface area contributed by atoms with Crippen LogP contribution in [0.25, 0.3) is 17.3 Å². The molecule has 7 heteroatoms. The van der Waals surface area contributed by atoms with Gasteiger partial charge in [-0.2, -0.15) is 5.26 Å². The van der Waals surface area contributed by atoms with Crippen LogP contribution in [-0.4, -0.2) is 10.9 Å². The van der Waals surface area contributed by atoms with Gasteiger partial charge >= 0.3 is 0 Å². The molecular formula is C17H10ClN3O2S. The van der Waals surface area contributed by atoms with Crippen LogP contribution in [0.15, 0.2) is 58.0 Å². The maximum absolute atomic E-state index is 12.2. The van der Waals surface area contributed by atoms with Crippen LogP contribution in [0.4, 0.5) is 5.13 Å². The van der Waals surface area contributed by atoms with Gasteiger partial charge in [0.1, 0.15) is 17.4 Å². The zero-order chi connectivity index (χ0) is 16.9. The molecular weight excluding hydrogens is 346 g/mol. The largest absolute Gasteiger partial charge is 0.465 e. The molecule has 3 aromatic rings. The van der Waals surface area contributed by atoms with Crippen LogP contribution in [0.1, 0.15) is 5.76 Å². The van der Waals surface area contributed by atoms with Crippen LogP contribution < -0.4 is 5.32 Å². The highest BCUT2D eigenvalue weighted by molar-refractivity contribution is 7.14. The van der Waals surface area contributed by atoms with E-state index in [-0.39, 0.29) is 5.57 Å². The van der Waals surface area contributed by atoms with Crippen molar-refractivity contribution in [3.63, 3.8) is 0 Å². The van der Waals surface area contributed by atoms with Gasteiger partial charge in [0.25, 0.3) is 5.91 Å². The smallest absolute Gasteiger partial charge is 0.268 e. The van der Waals surface area contributed by atoms with Gasteiger partial charge in [-0.05, 0) is 24.3 Å². The lowest BCUT2D eigenvalue weighted by molar-refractivity contribution is -0.112. The molecule has 0 bridgehead atoms. The molecule has 0 aliphatic carbocycles. The van der Waals surface area contributed by atoms with Gasteiger partial charge in [0.15, 0.2) is 5.13 Å². The fraction of sp³-hybridized carbons (Fsp3) is 0. The summed E-state index contributed by atoms with van der Waals surface area (Å²) in [5.74, 6) is -0.103. The van der Waals surface area contributed by atoms with Crippen molar-refractivity contribution in [3.05, 3.63) is 64.4 Å². The average molecular weight is 356 g/mol. The topological polar surface area (TPSA) is 78.9 Å². The number of carbonyl (C=O) groups is 1. The maximum Gasteiger partial charge on any atom is 0.268 e. The highest BCUT2D eigenvalue weighted by Crippen LogP contribution is 2.26. The van der Waals surface area contributed by atoms with E-state index >= 15 is 0 Å². The number of halogens is 1. The third-order valence-corrected chi connectivity index (χ3v) is 4.07. The number of hydrogen-bond donors (Lipinski definition) is 1. The number of rotatable bonds is 4. The van der Waals surface area contributed by atoms with Crippen molar-refractivity contribution in [1.29, 1.82) is 5.26 Å². The Bertz CT molecular complexity index is 922. The van der Waals surface area contributed by atoms with Gasteiger partial charge in [-0.25, -0.2) is 4.98 Å². The molecule has 0 fully saturated rings. The Kier molecular flexibility index (Phi) is 4.75. The van der Waals surface area contributed by atoms with Gasteiger partial charge in [-0.1, -0.05) is 23.7 Å². The SMILES string of the molecule is N#C/C(=C\c1ccco1)C(=O)Nc1nc(-c2ccc(Cl)cc2)cs1. The van der Waals surface area contributed by atoms with Gasteiger partial charge in [0.2, 0.25) is 0 Å². The molecule has 2 heterocycles. The summed E-state index contributed by atoms with van der Waals surface area (Å²) in [6.07, 6.45) is 2.85. The molecule has 0 unspecified atom stereocenters. The maximum atomic E-state index is 12.2. The van der Waals surface area contributed by atoms with Crippen LogP contribution in [0.3, 0.4) is 0 Å². The molecule has 0 atom stereocenters. The van der Waals surface area contributed by atoms with E-state index in [2.05, 4.69) is 10.3 Å². The lowest BCUT2D eigenvalue weighted by atomic mass is 10.2. The van der Waals surface area contributed by atoms with Crippen molar-refractivity contribution in [1.82, 2.24) is 4.98 Å². The summed E-state index contributed by atoms with van der Waals surface area (Å²) < 4.78 is 5.11. The third-order valence-electron chi connectivity index (χ3n) is 3.06. The van der Waals surface area contributed by atoms with Gasteiger partial charge in [-0.3, -0.25) is 10.1 Å². The molecule has 0 aliphatic heterocycles. The van der Waals surface area contributed by atoms with E-state index in [1.165, 1.54) is 23.7 Å². The van der Waals surface area contributed by atoms with Crippen LogP contribution in [0, 0.1) is 11.3 Å². The number of anilines is 1. The molecule has 1 amide bonds. The minimum atomic E-state index is -0.536. The standard InChI is InChI=1S/C17H10ClN3O2S/c18-13-5-3-11(4-6-13)15-10-24-17(20-15)21-16(22)12(9-19)8-14-2-1-7-23-14/h1-8,10H,(H,20,21,22)/b12-8+. The summed E-state index contributed by atoms with van der Waals surface area (Å²) in [6.45, 7) is 0. The minimum absolute atomic E-state index is 0.0619. The van der Waals surface area contributed by atoms with E-state index in [1.807, 2.05) is 23.6 Å². The molecule has 118 valence electrons. The summed E-state index contributed by atoms with van der Waals surface area (Å²) in [7, 11) is 0. The summed E-state index contributed by atoms with van der Waals surface area (Å²) >= 11 is 7.14. The van der Waals surface area contributed by atoms with E-state index in [0.717, 1.165) is 11.3 Å². The number of carbonyl (C=O) groups excluding carboxylic acids is 1. The fourth-order valence-corrected chi connectivity index (χ4v) is 2.75. The molecule has 24 heavy (non-hydrogen) atoms. The first kappa shape index (κ1) is 16.0. The van der Waals surface area contributed by atoms with Crippen molar-refractivity contribution in [2.75, 3.05) is 5.32 Å². The first-order chi connectivity index (χ1) is 11.7. The van der Waals surface area contributed by atoms with Crippen molar-refractivity contribution in [2.45, 2.75) is 0 Å². The second-order valence-electron chi connectivity index (χ2n) is 4.68. The predicted octanol–water partition coefficient (Wildman–Crippen LogP) is 4.60. The number of thiazole rings is 1. The molecule has 0 radical (unpaired) electrons. The number of nitrogens with one attached hydrogen (secondary N) is 1. The van der Waals surface area contributed by atoms with Crippen LogP contribution in [-0.2, 0) is 4.79 Å². The summed E-state index contributed by atoms with van der Waals surface area (Å²) in [5.41, 5.74) is 1.55. The quantitative estimate of drug-likeness (QED) is 0.547. The Morgan fingerprint density at radius 3 is 2.79 bits per heavy atom. The molecule has 0 saturated carbocycles. The molecule has 5 nitrogen and oxygen atoms in total. The Morgan fingerprint density at radius 2 is 2.12 bits per heavy atom. The summed E-state index contributed by atoms with van der Waals surface area (Å²) in [4.78, 5) is 16.5. The van der Waals surface area contributed by atoms with Crippen molar-refractivity contribution in [3.8, 4) is 17.3 Å². The van der Waals surface area contributed by atoms with E-state index < -0.39 is 5.91 Å². The Hall–Kier alpha value is -2.88. The first-order valence-corrected chi connectivity index (χ1v) is 8.09. The van der Waals surface area contributed by atoms with Gasteiger partial charge in [0.05, 0.1) is 12.0 Å². The van der Waals surface area contributed by atoms with E-state index in [1.54, 1.807) is 24.3 Å². The lowest BCUT2D eigenvalue weighted by Crippen LogP contribution is -2.13. The molecule has 0 aliphatic rings. The zero-order valence-electron chi connectivity index (χ0n) is 12.2. The Balaban J connectivity index is 1.75. The predicted molar refractivity (Wildman–Crippen MR) is 93.5 cm³/mol. The minimum Gasteiger partial charge on any atom is -0.465 e. The normalized spacial score (nSPS) is 11.1. The van der Waals surface area contributed by atoms with E-state index in [4.69, 9.17) is 21.3 Å². The summed E-state index contributed by atoms with van der Waals surface area (Å²) in [5, 5.41) is 14.6. The molecule has 0 spiro atoms. The number of nitrogens with zero attached hydrogens (tertiary/aromatic N) is 2. The molecule has 2 aromatic heterocycles. The van der Waals surface area contributed by atoms with Crippen molar-refractivity contribution < 1.29 is 9.21 Å². The van der Waals surface area contributed by atoms with Gasteiger partial charge in [-0.15, -0.1) is 11.3 Å². The highest BCUT2D eigenvalue weighted by Gasteiger charge is 2.13. The monoisotopic (exact) mass is 355 g/mol. The summed E-state index contributed by atoms with van der Waals surface area (Å²) in [6, 6.07) is 12.4. The second-order valence-corrected chi connectivity index (χ2v) is 5.98. The Labute approximate surface area is 146 Å². The second kappa shape index (κ2) is 7.13. The van der Waals surface area contributed by atoms with Gasteiger partial charge < -0.3 is 4.42 Å². The van der Waals surface area contributed by atoms with Gasteiger partial charge in [0, 0.05) is 22.0 Å². The number of amides is 1. The number of nitriles is 1. The zero-order valence-corrected chi connectivity index (χ0v) is 13.8. The van der Waals surface area contributed by atoms with Crippen LogP contribution in [0.5, 0.6) is 0 Å². The molecule has 1 aromatic carbocycles. The van der Waals surface area contributed by atoms with Crippen molar-refractivity contribution >= 4 is 40.1 Å². The van der Waals surface area contributed by atoms with Crippen LogP contribution >= 0.6 is 22.9 Å². The molecule has 0 saturated heterocycles. The Morgan fingerprint density at radius 1 is 1.33 bits per heavy atom. The number of benzene rings is 1. The number of hydrogen-bond acceptors (Lipinski definition) is 5. The molecule has 1 N–H and O–H groups in total. The average Bonchev–Trinajstić information content (AvgIpc) is 3.25. The lowest BCUT2D eigenvalue weighted by Gasteiger charge is -1.99. The highest BCUT2D eigenvalue weighted by atomic mass is 35.5. The van der Waals surface area contributed by atoms with E-state index in [0.29, 0.717) is 15.9 Å². The number of aromatic nitrogens is 1. The fourth-order valence-electron chi connectivity index (χ4n) is 1.91. The molecule has 3 rings (SSSR count).